The Bertz CT molecular complexity index is 725. The lowest BCUT2D eigenvalue weighted by Gasteiger charge is -2.19. The maximum absolute atomic E-state index is 13.0. The first kappa shape index (κ1) is 19.4. The molecule has 0 spiro atoms. The van der Waals surface area contributed by atoms with Crippen LogP contribution in [0.25, 0.3) is 0 Å². The Morgan fingerprint density at radius 1 is 1.04 bits per heavy atom. The van der Waals surface area contributed by atoms with E-state index in [1.165, 1.54) is 33.5 Å². The van der Waals surface area contributed by atoms with Gasteiger partial charge in [-0.3, -0.25) is 4.79 Å². The fourth-order valence-electron chi connectivity index (χ4n) is 2.50. The molecule has 0 aliphatic carbocycles. The van der Waals surface area contributed by atoms with Gasteiger partial charge in [0.25, 0.3) is 0 Å². The highest BCUT2D eigenvalue weighted by Gasteiger charge is 2.14. The molecule has 26 heavy (non-hydrogen) atoms. The number of likely N-dealkylation sites (N-methyl/N-ethyl adjacent to an activating group) is 1. The highest BCUT2D eigenvalue weighted by atomic mass is 19.1. The summed E-state index contributed by atoms with van der Waals surface area (Å²) in [7, 11) is 6.38. The number of anilines is 1. The van der Waals surface area contributed by atoms with Crippen LogP contribution in [0.5, 0.6) is 17.2 Å². The molecule has 2 rings (SSSR count). The van der Waals surface area contributed by atoms with Crippen molar-refractivity contribution >= 4 is 11.6 Å². The van der Waals surface area contributed by atoms with E-state index in [-0.39, 0.29) is 18.3 Å². The third kappa shape index (κ3) is 4.78. The van der Waals surface area contributed by atoms with E-state index in [1.807, 2.05) is 0 Å². The molecular weight excluding hydrogens is 339 g/mol. The zero-order valence-electron chi connectivity index (χ0n) is 15.3. The van der Waals surface area contributed by atoms with Gasteiger partial charge in [-0.15, -0.1) is 0 Å². The summed E-state index contributed by atoms with van der Waals surface area (Å²) in [5, 5.41) is 2.84. The molecule has 140 valence electrons. The molecule has 0 saturated heterocycles. The second-order valence-electron chi connectivity index (χ2n) is 5.64. The molecule has 0 heterocycles. The third-order valence-electron chi connectivity index (χ3n) is 3.86. The fraction of sp³-hybridized carbons (Fsp3) is 0.316. The molecule has 0 unspecified atom stereocenters. The molecule has 0 aromatic heterocycles. The number of carbonyl (C=O) groups is 1. The fourth-order valence-corrected chi connectivity index (χ4v) is 2.50. The van der Waals surface area contributed by atoms with Gasteiger partial charge in [-0.2, -0.15) is 0 Å². The number of nitrogens with one attached hydrogen (secondary N) is 1. The lowest BCUT2D eigenvalue weighted by molar-refractivity contribution is -0.119. The van der Waals surface area contributed by atoms with Crippen LogP contribution in [0.3, 0.4) is 0 Å². The summed E-state index contributed by atoms with van der Waals surface area (Å²) in [5.41, 5.74) is 1.58. The van der Waals surface area contributed by atoms with Crippen LogP contribution in [0.15, 0.2) is 36.4 Å². The number of rotatable bonds is 8. The van der Waals surface area contributed by atoms with E-state index in [0.717, 1.165) is 11.3 Å². The van der Waals surface area contributed by atoms with Crippen LogP contribution < -0.4 is 24.4 Å². The van der Waals surface area contributed by atoms with Crippen LogP contribution >= 0.6 is 0 Å². The number of hydrogen-bond donors (Lipinski definition) is 1. The molecule has 1 amide bonds. The Balaban J connectivity index is 1.99. The van der Waals surface area contributed by atoms with Crippen molar-refractivity contribution in [1.82, 2.24) is 5.32 Å². The molecular formula is C19H23FN2O4. The molecule has 0 aliphatic heterocycles. The van der Waals surface area contributed by atoms with Gasteiger partial charge in [0.05, 0.1) is 27.9 Å². The van der Waals surface area contributed by atoms with E-state index in [9.17, 15) is 9.18 Å². The number of ether oxygens (including phenoxy) is 3. The number of amides is 1. The largest absolute Gasteiger partial charge is 0.493 e. The zero-order chi connectivity index (χ0) is 19.1. The molecule has 0 bridgehead atoms. The smallest absolute Gasteiger partial charge is 0.239 e. The standard InChI is InChI=1S/C19H23FN2O4/c1-22(15-7-5-14(20)6-8-15)12-18(23)21-11-13-9-16(24-2)19(26-4)17(10-13)25-3/h5-10H,11-12H2,1-4H3,(H,21,23). The first-order valence-corrected chi connectivity index (χ1v) is 8.00. The second kappa shape index (κ2) is 8.94. The van der Waals surface area contributed by atoms with Crippen LogP contribution in [-0.4, -0.2) is 40.8 Å². The first-order valence-electron chi connectivity index (χ1n) is 8.00. The van der Waals surface area contributed by atoms with Crippen molar-refractivity contribution in [3.05, 3.63) is 47.8 Å². The van der Waals surface area contributed by atoms with Crippen LogP contribution in [0.2, 0.25) is 0 Å². The third-order valence-corrected chi connectivity index (χ3v) is 3.86. The van der Waals surface area contributed by atoms with Crippen molar-refractivity contribution in [2.75, 3.05) is 39.8 Å². The van der Waals surface area contributed by atoms with Crippen LogP contribution in [0, 0.1) is 5.82 Å². The average Bonchev–Trinajstić information content (AvgIpc) is 2.65. The minimum atomic E-state index is -0.311. The number of nitrogens with zero attached hydrogens (tertiary/aromatic N) is 1. The van der Waals surface area contributed by atoms with Crippen molar-refractivity contribution in [3.63, 3.8) is 0 Å². The molecule has 0 aliphatic rings. The van der Waals surface area contributed by atoms with Crippen molar-refractivity contribution in [2.24, 2.45) is 0 Å². The highest BCUT2D eigenvalue weighted by Crippen LogP contribution is 2.38. The maximum Gasteiger partial charge on any atom is 0.239 e. The second-order valence-corrected chi connectivity index (χ2v) is 5.64. The van der Waals surface area contributed by atoms with Gasteiger partial charge in [0.15, 0.2) is 11.5 Å². The number of halogens is 1. The summed E-state index contributed by atoms with van der Waals surface area (Å²) in [6.07, 6.45) is 0. The quantitative estimate of drug-likeness (QED) is 0.782. The van der Waals surface area contributed by atoms with Crippen LogP contribution in [-0.2, 0) is 11.3 Å². The molecule has 0 fully saturated rings. The molecule has 0 saturated carbocycles. The van der Waals surface area contributed by atoms with Crippen LogP contribution in [0.1, 0.15) is 5.56 Å². The van der Waals surface area contributed by atoms with Gasteiger partial charge in [-0.05, 0) is 42.0 Å². The molecule has 0 radical (unpaired) electrons. The minimum absolute atomic E-state index is 0.149. The maximum atomic E-state index is 13.0. The Hall–Kier alpha value is -2.96. The van der Waals surface area contributed by atoms with Gasteiger partial charge < -0.3 is 24.4 Å². The summed E-state index contributed by atoms with van der Waals surface area (Å²) in [5.74, 6) is 1.08. The molecule has 1 N–H and O–H groups in total. The van der Waals surface area contributed by atoms with Gasteiger partial charge in [0.2, 0.25) is 11.7 Å². The first-order chi connectivity index (χ1) is 12.5. The highest BCUT2D eigenvalue weighted by molar-refractivity contribution is 5.81. The predicted molar refractivity (Wildman–Crippen MR) is 97.6 cm³/mol. The molecule has 2 aromatic rings. The molecule has 0 atom stereocenters. The predicted octanol–water partition coefficient (Wildman–Crippen LogP) is 2.60. The number of carbonyl (C=O) groups excluding carboxylic acids is 1. The topological polar surface area (TPSA) is 60.0 Å². The van der Waals surface area contributed by atoms with Gasteiger partial charge in [0.1, 0.15) is 5.82 Å². The lowest BCUT2D eigenvalue weighted by Crippen LogP contribution is -2.34. The van der Waals surface area contributed by atoms with Gasteiger partial charge in [-0.1, -0.05) is 0 Å². The minimum Gasteiger partial charge on any atom is -0.493 e. The van der Waals surface area contributed by atoms with Gasteiger partial charge in [-0.25, -0.2) is 4.39 Å². The Kier molecular flexibility index (Phi) is 6.66. The van der Waals surface area contributed by atoms with Crippen molar-refractivity contribution < 1.29 is 23.4 Å². The average molecular weight is 362 g/mol. The summed E-state index contributed by atoms with van der Waals surface area (Å²) >= 11 is 0. The zero-order valence-corrected chi connectivity index (χ0v) is 15.3. The van der Waals surface area contributed by atoms with E-state index in [4.69, 9.17) is 14.2 Å². The molecule has 7 heteroatoms. The monoisotopic (exact) mass is 362 g/mol. The molecule has 6 nitrogen and oxygen atoms in total. The summed E-state index contributed by atoms with van der Waals surface area (Å²) in [6.45, 7) is 0.461. The Morgan fingerprint density at radius 3 is 2.12 bits per heavy atom. The van der Waals surface area contributed by atoms with E-state index in [0.29, 0.717) is 23.8 Å². The number of hydrogen-bond acceptors (Lipinski definition) is 5. The Morgan fingerprint density at radius 2 is 1.62 bits per heavy atom. The van der Waals surface area contributed by atoms with Crippen molar-refractivity contribution in [3.8, 4) is 17.2 Å². The van der Waals surface area contributed by atoms with E-state index < -0.39 is 0 Å². The number of benzene rings is 2. The van der Waals surface area contributed by atoms with E-state index in [1.54, 1.807) is 36.2 Å². The SMILES string of the molecule is COc1cc(CNC(=O)CN(C)c2ccc(F)cc2)cc(OC)c1OC. The van der Waals surface area contributed by atoms with Gasteiger partial charge in [0, 0.05) is 19.3 Å². The summed E-state index contributed by atoms with van der Waals surface area (Å²) in [6, 6.07) is 9.54. The van der Waals surface area contributed by atoms with E-state index in [2.05, 4.69) is 5.32 Å². The van der Waals surface area contributed by atoms with Crippen LogP contribution in [0.4, 0.5) is 10.1 Å². The molecule has 2 aromatic carbocycles. The summed E-state index contributed by atoms with van der Waals surface area (Å²) < 4.78 is 28.9. The normalized spacial score (nSPS) is 10.2. The Labute approximate surface area is 152 Å². The van der Waals surface area contributed by atoms with E-state index >= 15 is 0 Å². The summed E-state index contributed by atoms with van der Waals surface area (Å²) in [4.78, 5) is 13.9. The lowest BCUT2D eigenvalue weighted by atomic mass is 10.1. The van der Waals surface area contributed by atoms with Crippen molar-refractivity contribution in [2.45, 2.75) is 6.54 Å². The van der Waals surface area contributed by atoms with Gasteiger partial charge >= 0.3 is 0 Å². The number of methoxy groups -OCH3 is 3. The van der Waals surface area contributed by atoms with Crippen molar-refractivity contribution in [1.29, 1.82) is 0 Å².